The lowest BCUT2D eigenvalue weighted by molar-refractivity contribution is 0.102. The van der Waals surface area contributed by atoms with E-state index in [4.69, 9.17) is 32.4 Å². The molecule has 0 radical (unpaired) electrons. The minimum Gasteiger partial charge on any atom is -0.484 e. The van der Waals surface area contributed by atoms with Gasteiger partial charge in [0.05, 0.1) is 10.8 Å². The first-order valence-electron chi connectivity index (χ1n) is 7.23. The van der Waals surface area contributed by atoms with Gasteiger partial charge in [-0.05, 0) is 30.3 Å². The van der Waals surface area contributed by atoms with Crippen LogP contribution in [0.1, 0.15) is 16.2 Å². The Bertz CT molecular complexity index is 871. The number of rotatable bonds is 7. The molecule has 8 heteroatoms. The summed E-state index contributed by atoms with van der Waals surface area (Å²) in [5.41, 5.74) is 0.408. The van der Waals surface area contributed by atoms with Crippen LogP contribution in [-0.4, -0.2) is 21.7 Å². The third kappa shape index (κ3) is 4.98. The fraction of sp³-hybridized carbons (Fsp3) is 0.118. The Morgan fingerprint density at radius 3 is 2.68 bits per heavy atom. The molecule has 0 aliphatic carbocycles. The number of hydrogen-bond acceptors (Lipinski definition) is 6. The SMILES string of the molecule is O=C(CSc1nnc(COc2ccccc2)o1)c1ccc(Cl)cc1Cl. The quantitative estimate of drug-likeness (QED) is 0.418. The lowest BCUT2D eigenvalue weighted by atomic mass is 10.1. The standard InChI is InChI=1S/C17H12Cl2N2O3S/c18-11-6-7-13(14(19)8-11)15(22)10-25-17-21-20-16(24-17)9-23-12-4-2-1-3-5-12/h1-8H,9-10H2. The van der Waals surface area contributed by atoms with Crippen LogP contribution in [0.15, 0.2) is 58.2 Å². The number of Topliss-reactive ketones (excluding diaryl/α,β-unsaturated/α-hetero) is 1. The molecule has 0 bridgehead atoms. The summed E-state index contributed by atoms with van der Waals surface area (Å²) in [5.74, 6) is 1.03. The number of ketones is 1. The number of hydrogen-bond donors (Lipinski definition) is 0. The summed E-state index contributed by atoms with van der Waals surface area (Å²) in [6, 6.07) is 14.1. The summed E-state index contributed by atoms with van der Waals surface area (Å²) in [7, 11) is 0. The second-order valence-electron chi connectivity index (χ2n) is 4.90. The summed E-state index contributed by atoms with van der Waals surface area (Å²) in [6.45, 7) is 0.161. The third-order valence-corrected chi connectivity index (χ3v) is 4.48. The molecule has 1 aromatic heterocycles. The predicted molar refractivity (Wildman–Crippen MR) is 96.6 cm³/mol. The zero-order valence-electron chi connectivity index (χ0n) is 12.8. The molecule has 5 nitrogen and oxygen atoms in total. The van der Waals surface area contributed by atoms with E-state index in [1.54, 1.807) is 12.1 Å². The molecular formula is C17H12Cl2N2O3S. The number of nitrogens with zero attached hydrogens (tertiary/aromatic N) is 2. The molecule has 3 aromatic rings. The topological polar surface area (TPSA) is 65.2 Å². The number of carbonyl (C=O) groups excluding carboxylic acids is 1. The van der Waals surface area contributed by atoms with Gasteiger partial charge in [0.1, 0.15) is 5.75 Å². The Labute approximate surface area is 158 Å². The molecule has 0 aliphatic heterocycles. The maximum atomic E-state index is 12.2. The minimum absolute atomic E-state index is 0.128. The van der Waals surface area contributed by atoms with Crippen molar-refractivity contribution in [1.82, 2.24) is 10.2 Å². The first kappa shape index (κ1) is 17.8. The van der Waals surface area contributed by atoms with Gasteiger partial charge in [-0.15, -0.1) is 10.2 Å². The zero-order chi connectivity index (χ0) is 17.6. The van der Waals surface area contributed by atoms with Gasteiger partial charge in [-0.3, -0.25) is 4.79 Å². The average Bonchev–Trinajstić information content (AvgIpc) is 3.07. The van der Waals surface area contributed by atoms with Gasteiger partial charge in [-0.1, -0.05) is 53.2 Å². The molecule has 0 amide bonds. The number of halogens is 2. The normalized spacial score (nSPS) is 10.6. The summed E-state index contributed by atoms with van der Waals surface area (Å²) >= 11 is 13.0. The number of benzene rings is 2. The van der Waals surface area contributed by atoms with E-state index in [1.807, 2.05) is 30.3 Å². The van der Waals surface area contributed by atoms with Gasteiger partial charge in [-0.25, -0.2) is 0 Å². The van der Waals surface area contributed by atoms with Crippen molar-refractivity contribution in [1.29, 1.82) is 0 Å². The molecule has 0 saturated carbocycles. The van der Waals surface area contributed by atoms with Crippen LogP contribution in [-0.2, 0) is 6.61 Å². The first-order chi connectivity index (χ1) is 12.1. The van der Waals surface area contributed by atoms with Crippen LogP contribution < -0.4 is 4.74 Å². The van der Waals surface area contributed by atoms with Crippen LogP contribution in [0.4, 0.5) is 0 Å². The number of ether oxygens (including phenoxy) is 1. The van der Waals surface area contributed by atoms with Crippen molar-refractivity contribution in [2.24, 2.45) is 0 Å². The lowest BCUT2D eigenvalue weighted by Gasteiger charge is -2.02. The van der Waals surface area contributed by atoms with E-state index in [-0.39, 0.29) is 18.1 Å². The molecule has 3 rings (SSSR count). The number of para-hydroxylation sites is 1. The van der Waals surface area contributed by atoms with Gasteiger partial charge < -0.3 is 9.15 Å². The van der Waals surface area contributed by atoms with Crippen LogP contribution in [0.25, 0.3) is 0 Å². The van der Waals surface area contributed by atoms with Crippen molar-refractivity contribution in [3.63, 3.8) is 0 Å². The molecule has 0 N–H and O–H groups in total. The Morgan fingerprint density at radius 2 is 1.92 bits per heavy atom. The van der Waals surface area contributed by atoms with Gasteiger partial charge in [0.15, 0.2) is 12.4 Å². The zero-order valence-corrected chi connectivity index (χ0v) is 15.1. The van der Waals surface area contributed by atoms with E-state index in [1.165, 1.54) is 6.07 Å². The third-order valence-electron chi connectivity index (χ3n) is 3.11. The number of carbonyl (C=O) groups is 1. The molecule has 0 saturated heterocycles. The lowest BCUT2D eigenvalue weighted by Crippen LogP contribution is -2.03. The highest BCUT2D eigenvalue weighted by Crippen LogP contribution is 2.24. The summed E-state index contributed by atoms with van der Waals surface area (Å²) < 4.78 is 11.0. The average molecular weight is 395 g/mol. The smallest absolute Gasteiger partial charge is 0.277 e. The van der Waals surface area contributed by atoms with Crippen molar-refractivity contribution in [2.45, 2.75) is 11.8 Å². The fourth-order valence-corrected chi connectivity index (χ4v) is 3.11. The number of thioether (sulfide) groups is 1. The van der Waals surface area contributed by atoms with E-state index in [0.29, 0.717) is 32.5 Å². The van der Waals surface area contributed by atoms with Crippen LogP contribution >= 0.6 is 35.0 Å². The second kappa shape index (κ2) is 8.38. The van der Waals surface area contributed by atoms with Gasteiger partial charge in [0.25, 0.3) is 11.1 Å². The largest absolute Gasteiger partial charge is 0.484 e. The van der Waals surface area contributed by atoms with Crippen LogP contribution in [0, 0.1) is 0 Å². The highest BCUT2D eigenvalue weighted by molar-refractivity contribution is 7.99. The predicted octanol–water partition coefficient (Wildman–Crippen LogP) is 4.93. The van der Waals surface area contributed by atoms with E-state index in [2.05, 4.69) is 10.2 Å². The van der Waals surface area contributed by atoms with Gasteiger partial charge >= 0.3 is 0 Å². The molecule has 0 aliphatic rings. The van der Waals surface area contributed by atoms with Crippen molar-refractivity contribution in [3.05, 3.63) is 70.0 Å². The molecule has 25 heavy (non-hydrogen) atoms. The van der Waals surface area contributed by atoms with Crippen molar-refractivity contribution in [2.75, 3.05) is 5.75 Å². The van der Waals surface area contributed by atoms with Crippen LogP contribution in [0.2, 0.25) is 10.0 Å². The maximum Gasteiger partial charge on any atom is 0.277 e. The molecule has 1 heterocycles. The minimum atomic E-state index is -0.146. The summed E-state index contributed by atoms with van der Waals surface area (Å²) in [6.07, 6.45) is 0. The van der Waals surface area contributed by atoms with Gasteiger partial charge in [0, 0.05) is 10.6 Å². The molecule has 0 fully saturated rings. The number of aromatic nitrogens is 2. The fourth-order valence-electron chi connectivity index (χ4n) is 1.94. The Kier molecular flexibility index (Phi) is 5.96. The van der Waals surface area contributed by atoms with Gasteiger partial charge in [-0.2, -0.15) is 0 Å². The van der Waals surface area contributed by atoms with Crippen molar-refractivity contribution in [3.8, 4) is 5.75 Å². The van der Waals surface area contributed by atoms with Crippen molar-refractivity contribution < 1.29 is 13.9 Å². The highest BCUT2D eigenvalue weighted by atomic mass is 35.5. The Hall–Kier alpha value is -2.02. The van der Waals surface area contributed by atoms with E-state index >= 15 is 0 Å². The molecule has 0 unspecified atom stereocenters. The highest BCUT2D eigenvalue weighted by Gasteiger charge is 2.14. The van der Waals surface area contributed by atoms with E-state index < -0.39 is 0 Å². The van der Waals surface area contributed by atoms with E-state index in [9.17, 15) is 4.79 Å². The summed E-state index contributed by atoms with van der Waals surface area (Å²) in [5, 5.41) is 8.88. The Morgan fingerprint density at radius 1 is 1.12 bits per heavy atom. The first-order valence-corrected chi connectivity index (χ1v) is 8.97. The molecule has 0 spiro atoms. The molecule has 0 atom stereocenters. The van der Waals surface area contributed by atoms with Crippen LogP contribution in [0.3, 0.4) is 0 Å². The van der Waals surface area contributed by atoms with Crippen LogP contribution in [0.5, 0.6) is 5.75 Å². The molecular weight excluding hydrogens is 383 g/mol. The molecule has 128 valence electrons. The molecule has 2 aromatic carbocycles. The Balaban J connectivity index is 1.53. The van der Waals surface area contributed by atoms with Crippen molar-refractivity contribution >= 4 is 40.7 Å². The summed E-state index contributed by atoms with van der Waals surface area (Å²) in [4.78, 5) is 12.2. The maximum absolute atomic E-state index is 12.2. The second-order valence-corrected chi connectivity index (χ2v) is 6.67. The van der Waals surface area contributed by atoms with Gasteiger partial charge in [0.2, 0.25) is 0 Å². The monoisotopic (exact) mass is 394 g/mol. The van der Waals surface area contributed by atoms with E-state index in [0.717, 1.165) is 11.8 Å².